The number of H-pyrrole nitrogens is 1. The third kappa shape index (κ3) is 2.23. The number of aromatic nitrogens is 3. The highest BCUT2D eigenvalue weighted by molar-refractivity contribution is 7.19. The zero-order valence-corrected chi connectivity index (χ0v) is 8.75. The number of rotatable bonds is 2. The van der Waals surface area contributed by atoms with E-state index in [9.17, 15) is 9.59 Å². The number of amides is 1. The van der Waals surface area contributed by atoms with Gasteiger partial charge in [0.25, 0.3) is 5.91 Å². The molecule has 0 aliphatic carbocycles. The molecular weight excluding hydrogens is 230 g/mol. The summed E-state index contributed by atoms with van der Waals surface area (Å²) in [5, 5.41) is 10.3. The van der Waals surface area contributed by atoms with Crippen LogP contribution in [0, 0.1) is 0 Å². The molecule has 2 aromatic heterocycles. The molecule has 0 aromatic carbocycles. The second-order valence-corrected chi connectivity index (χ2v) is 3.85. The fraction of sp³-hybridized carbons (Fsp3) is 0. The van der Waals surface area contributed by atoms with Crippen molar-refractivity contribution >= 4 is 27.5 Å². The molecule has 0 atom stereocenters. The van der Waals surface area contributed by atoms with Gasteiger partial charge in [-0.3, -0.25) is 14.9 Å². The molecule has 2 aromatic rings. The average molecular weight is 237 g/mol. The summed E-state index contributed by atoms with van der Waals surface area (Å²) in [4.78, 5) is 24.8. The van der Waals surface area contributed by atoms with Crippen LogP contribution < -0.4 is 16.6 Å². The fourth-order valence-electron chi connectivity index (χ4n) is 1.01. The minimum absolute atomic E-state index is 0.267. The number of hydrogen-bond donors (Lipinski definition) is 3. The second kappa shape index (κ2) is 4.11. The first kappa shape index (κ1) is 10.3. The van der Waals surface area contributed by atoms with Crippen LogP contribution in [0.25, 0.3) is 0 Å². The van der Waals surface area contributed by atoms with Crippen molar-refractivity contribution in [3.8, 4) is 0 Å². The molecule has 0 radical (unpaired) electrons. The molecule has 0 aliphatic heterocycles. The Hall–Kier alpha value is -2.22. The van der Waals surface area contributed by atoms with Crippen LogP contribution in [0.15, 0.2) is 23.1 Å². The maximum Gasteiger partial charge on any atom is 0.258 e. The average Bonchev–Trinajstić information content (AvgIpc) is 2.65. The summed E-state index contributed by atoms with van der Waals surface area (Å²) in [6.45, 7) is 0. The number of nitrogens with zero attached hydrogens (tertiary/aromatic N) is 2. The van der Waals surface area contributed by atoms with Crippen LogP contribution in [0.5, 0.6) is 0 Å². The summed E-state index contributed by atoms with van der Waals surface area (Å²) in [7, 11) is 0. The van der Waals surface area contributed by atoms with Gasteiger partial charge in [0.2, 0.25) is 15.8 Å². The van der Waals surface area contributed by atoms with Crippen molar-refractivity contribution in [2.45, 2.75) is 0 Å². The van der Waals surface area contributed by atoms with Crippen LogP contribution in [-0.2, 0) is 0 Å². The normalized spacial score (nSPS) is 10.0. The molecule has 0 fully saturated rings. The molecule has 0 saturated heterocycles. The number of carbonyl (C=O) groups excluding carboxylic acids is 1. The topological polar surface area (TPSA) is 114 Å². The Morgan fingerprint density at radius 1 is 1.44 bits per heavy atom. The monoisotopic (exact) mass is 237 g/mol. The number of carbonyl (C=O) groups is 1. The van der Waals surface area contributed by atoms with Crippen LogP contribution in [0.2, 0.25) is 0 Å². The van der Waals surface area contributed by atoms with Gasteiger partial charge in [-0.25, -0.2) is 0 Å². The molecule has 16 heavy (non-hydrogen) atoms. The molecular formula is C8H7N5O2S. The molecule has 4 N–H and O–H groups in total. The third-order valence-corrected chi connectivity index (χ3v) is 2.38. The van der Waals surface area contributed by atoms with E-state index in [1.165, 1.54) is 18.3 Å². The van der Waals surface area contributed by atoms with Crippen molar-refractivity contribution in [2.75, 3.05) is 11.1 Å². The Bertz CT molecular complexity index is 555. The zero-order chi connectivity index (χ0) is 11.5. The van der Waals surface area contributed by atoms with Gasteiger partial charge in [0.05, 0.1) is 5.56 Å². The van der Waals surface area contributed by atoms with Crippen LogP contribution in [0.1, 0.15) is 10.4 Å². The number of aromatic amines is 1. The molecule has 0 spiro atoms. The summed E-state index contributed by atoms with van der Waals surface area (Å²) >= 11 is 1.07. The Labute approximate surface area is 93.3 Å². The maximum atomic E-state index is 11.6. The Kier molecular flexibility index (Phi) is 2.64. The Morgan fingerprint density at radius 3 is 2.81 bits per heavy atom. The summed E-state index contributed by atoms with van der Waals surface area (Å²) in [5.41, 5.74) is 5.42. The summed E-state index contributed by atoms with van der Waals surface area (Å²) in [6.07, 6.45) is 1.32. The fourth-order valence-corrected chi connectivity index (χ4v) is 1.51. The van der Waals surface area contributed by atoms with E-state index < -0.39 is 0 Å². The lowest BCUT2D eigenvalue weighted by Gasteiger charge is -1.99. The van der Waals surface area contributed by atoms with Gasteiger partial charge in [0.15, 0.2) is 0 Å². The lowest BCUT2D eigenvalue weighted by Crippen LogP contribution is -2.14. The van der Waals surface area contributed by atoms with Crippen molar-refractivity contribution in [1.29, 1.82) is 0 Å². The van der Waals surface area contributed by atoms with E-state index in [0.29, 0.717) is 10.7 Å². The SMILES string of the molecule is Nc1nnc(NC(=O)c2ccc(=O)[nH]c2)s1. The van der Waals surface area contributed by atoms with E-state index in [1.807, 2.05) is 0 Å². The first-order valence-corrected chi connectivity index (χ1v) is 5.06. The number of pyridine rings is 1. The van der Waals surface area contributed by atoms with Gasteiger partial charge in [-0.2, -0.15) is 0 Å². The van der Waals surface area contributed by atoms with Gasteiger partial charge in [-0.05, 0) is 6.07 Å². The molecule has 7 nitrogen and oxygen atoms in total. The highest BCUT2D eigenvalue weighted by Gasteiger charge is 2.08. The highest BCUT2D eigenvalue weighted by Crippen LogP contribution is 2.16. The van der Waals surface area contributed by atoms with Gasteiger partial charge in [0, 0.05) is 12.3 Å². The lowest BCUT2D eigenvalue weighted by atomic mass is 10.3. The number of nitrogens with one attached hydrogen (secondary N) is 2. The quantitative estimate of drug-likeness (QED) is 0.683. The minimum atomic E-state index is -0.382. The van der Waals surface area contributed by atoms with Crippen molar-refractivity contribution in [2.24, 2.45) is 0 Å². The van der Waals surface area contributed by atoms with Gasteiger partial charge in [-0.15, -0.1) is 10.2 Å². The van der Waals surface area contributed by atoms with Crippen molar-refractivity contribution in [3.05, 3.63) is 34.2 Å². The predicted octanol–water partition coefficient (Wildman–Crippen LogP) is 0.0609. The standard InChI is InChI=1S/C8H7N5O2S/c9-7-12-13-8(16-7)11-6(15)4-1-2-5(14)10-3-4/h1-3H,(H2,9,12)(H,10,14)(H,11,13,15). The lowest BCUT2D eigenvalue weighted by molar-refractivity contribution is 0.102. The molecule has 0 saturated carbocycles. The molecule has 82 valence electrons. The number of hydrogen-bond acceptors (Lipinski definition) is 6. The van der Waals surface area contributed by atoms with Gasteiger partial charge in [0.1, 0.15) is 0 Å². The second-order valence-electron chi connectivity index (χ2n) is 2.84. The first-order valence-electron chi connectivity index (χ1n) is 4.24. The smallest absolute Gasteiger partial charge is 0.258 e. The van der Waals surface area contributed by atoms with E-state index in [2.05, 4.69) is 20.5 Å². The summed E-state index contributed by atoms with van der Waals surface area (Å²) in [5.74, 6) is -0.382. The zero-order valence-electron chi connectivity index (χ0n) is 7.93. The number of nitrogens with two attached hydrogens (primary N) is 1. The number of nitrogen functional groups attached to an aromatic ring is 1. The van der Waals surface area contributed by atoms with E-state index in [4.69, 9.17) is 5.73 Å². The first-order chi connectivity index (χ1) is 7.65. The van der Waals surface area contributed by atoms with Gasteiger partial charge < -0.3 is 10.7 Å². The largest absolute Gasteiger partial charge is 0.374 e. The van der Waals surface area contributed by atoms with Crippen molar-refractivity contribution in [1.82, 2.24) is 15.2 Å². The van der Waals surface area contributed by atoms with Crippen molar-refractivity contribution < 1.29 is 4.79 Å². The van der Waals surface area contributed by atoms with E-state index in [1.54, 1.807) is 0 Å². The molecule has 0 unspecified atom stereocenters. The van der Waals surface area contributed by atoms with Crippen LogP contribution in [0.4, 0.5) is 10.3 Å². The van der Waals surface area contributed by atoms with Gasteiger partial charge in [-0.1, -0.05) is 11.3 Å². The molecule has 2 heterocycles. The summed E-state index contributed by atoms with van der Waals surface area (Å²) in [6, 6.07) is 2.68. The van der Waals surface area contributed by atoms with Crippen LogP contribution in [-0.4, -0.2) is 21.1 Å². The highest BCUT2D eigenvalue weighted by atomic mass is 32.1. The predicted molar refractivity (Wildman–Crippen MR) is 59.3 cm³/mol. The third-order valence-electron chi connectivity index (χ3n) is 1.71. The molecule has 8 heteroatoms. The van der Waals surface area contributed by atoms with Crippen LogP contribution >= 0.6 is 11.3 Å². The molecule has 2 rings (SSSR count). The maximum absolute atomic E-state index is 11.6. The van der Waals surface area contributed by atoms with Gasteiger partial charge >= 0.3 is 0 Å². The molecule has 0 aliphatic rings. The van der Waals surface area contributed by atoms with E-state index in [0.717, 1.165) is 11.3 Å². The molecule has 1 amide bonds. The van der Waals surface area contributed by atoms with Crippen molar-refractivity contribution in [3.63, 3.8) is 0 Å². The van der Waals surface area contributed by atoms with Crippen LogP contribution in [0.3, 0.4) is 0 Å². The number of anilines is 2. The minimum Gasteiger partial charge on any atom is -0.374 e. The Morgan fingerprint density at radius 2 is 2.25 bits per heavy atom. The molecule has 0 bridgehead atoms. The van der Waals surface area contributed by atoms with E-state index >= 15 is 0 Å². The summed E-state index contributed by atoms with van der Waals surface area (Å²) < 4.78 is 0. The van der Waals surface area contributed by atoms with E-state index in [-0.39, 0.29) is 16.6 Å². The Balaban J connectivity index is 2.14.